The van der Waals surface area contributed by atoms with Crippen LogP contribution in [0.3, 0.4) is 0 Å². The number of aliphatic carboxylic acids is 1. The van der Waals surface area contributed by atoms with Gasteiger partial charge in [-0.15, -0.1) is 11.8 Å². The van der Waals surface area contributed by atoms with Gasteiger partial charge < -0.3 is 14.6 Å². The summed E-state index contributed by atoms with van der Waals surface area (Å²) in [5.41, 5.74) is 1.24. The molecule has 0 saturated carbocycles. The first-order valence-corrected chi connectivity index (χ1v) is 7.63. The smallest absolute Gasteiger partial charge is 0.316 e. The third-order valence-corrected chi connectivity index (χ3v) is 5.12. The van der Waals surface area contributed by atoms with E-state index in [4.69, 9.17) is 9.47 Å². The number of thioether (sulfide) groups is 1. The molecule has 6 heteroatoms. The minimum Gasteiger partial charge on any atom is -0.493 e. The lowest BCUT2D eigenvalue weighted by Crippen LogP contribution is -2.22. The number of hydrogen-bond donors (Lipinski definition) is 1. The number of carbonyl (C=O) groups excluding carboxylic acids is 1. The van der Waals surface area contributed by atoms with Gasteiger partial charge in [-0.2, -0.15) is 0 Å². The van der Waals surface area contributed by atoms with Gasteiger partial charge in [-0.05, 0) is 30.5 Å². The van der Waals surface area contributed by atoms with Crippen molar-refractivity contribution in [3.05, 3.63) is 23.3 Å². The lowest BCUT2D eigenvalue weighted by atomic mass is 9.96. The Hall–Kier alpha value is -1.69. The third kappa shape index (κ3) is 3.00. The summed E-state index contributed by atoms with van der Waals surface area (Å²) in [6.45, 7) is 1.89. The zero-order chi connectivity index (χ0) is 15.6. The number of ketones is 1. The van der Waals surface area contributed by atoms with Gasteiger partial charge in [0.1, 0.15) is 5.25 Å². The molecule has 0 fully saturated rings. The molecule has 114 valence electrons. The highest BCUT2D eigenvalue weighted by Gasteiger charge is 2.34. The van der Waals surface area contributed by atoms with Crippen molar-refractivity contribution in [2.24, 2.45) is 0 Å². The Morgan fingerprint density at radius 3 is 2.48 bits per heavy atom. The van der Waals surface area contributed by atoms with Gasteiger partial charge in [0.25, 0.3) is 0 Å². The van der Waals surface area contributed by atoms with Crippen LogP contribution < -0.4 is 9.47 Å². The van der Waals surface area contributed by atoms with Crippen LogP contribution >= 0.6 is 11.8 Å². The summed E-state index contributed by atoms with van der Waals surface area (Å²) in [7, 11) is 3.03. The van der Waals surface area contributed by atoms with Crippen LogP contribution in [0, 0.1) is 0 Å². The van der Waals surface area contributed by atoms with Gasteiger partial charge in [-0.3, -0.25) is 9.59 Å². The van der Waals surface area contributed by atoms with Crippen LogP contribution in [0.25, 0.3) is 0 Å². The summed E-state index contributed by atoms with van der Waals surface area (Å²) in [6, 6.07) is 3.37. The maximum atomic E-state index is 12.6. The average Bonchev–Trinajstić information content (AvgIpc) is 2.62. The lowest BCUT2D eigenvalue weighted by molar-refractivity contribution is -0.136. The maximum Gasteiger partial charge on any atom is 0.316 e. The summed E-state index contributed by atoms with van der Waals surface area (Å²) in [6.07, 6.45) is 0.902. The van der Waals surface area contributed by atoms with Gasteiger partial charge in [0.15, 0.2) is 17.3 Å². The van der Waals surface area contributed by atoms with E-state index >= 15 is 0 Å². The molecule has 1 aliphatic rings. The first-order valence-electron chi connectivity index (χ1n) is 6.69. The van der Waals surface area contributed by atoms with Crippen molar-refractivity contribution in [2.45, 2.75) is 30.3 Å². The first-order chi connectivity index (χ1) is 10.0. The molecule has 21 heavy (non-hydrogen) atoms. The van der Waals surface area contributed by atoms with E-state index in [0.717, 1.165) is 0 Å². The van der Waals surface area contributed by atoms with E-state index in [0.29, 0.717) is 35.5 Å². The summed E-state index contributed by atoms with van der Waals surface area (Å²) in [5.74, 6) is 0.0578. The number of benzene rings is 1. The third-order valence-electron chi connectivity index (χ3n) is 3.55. The van der Waals surface area contributed by atoms with E-state index in [9.17, 15) is 14.7 Å². The van der Waals surface area contributed by atoms with Crippen LogP contribution in [0.4, 0.5) is 0 Å². The zero-order valence-electron chi connectivity index (χ0n) is 12.2. The number of carboxylic acids is 1. The van der Waals surface area contributed by atoms with Crippen LogP contribution in [-0.2, 0) is 11.2 Å². The number of Topliss-reactive ketones (excluding diaryl/α,β-unsaturated/α-hetero) is 1. The Kier molecular flexibility index (Phi) is 4.77. The molecule has 5 nitrogen and oxygen atoms in total. The summed E-state index contributed by atoms with van der Waals surface area (Å²) in [5, 5.41) is 8.36. The van der Waals surface area contributed by atoms with Crippen molar-refractivity contribution in [1.82, 2.24) is 0 Å². The molecule has 0 bridgehead atoms. The predicted molar refractivity (Wildman–Crippen MR) is 80.7 cm³/mol. The highest BCUT2D eigenvalue weighted by Crippen LogP contribution is 2.38. The Morgan fingerprint density at radius 2 is 1.95 bits per heavy atom. The van der Waals surface area contributed by atoms with Crippen molar-refractivity contribution in [3.8, 4) is 11.5 Å². The molecule has 0 saturated heterocycles. The van der Waals surface area contributed by atoms with Crippen molar-refractivity contribution in [1.29, 1.82) is 0 Å². The van der Waals surface area contributed by atoms with Crippen LogP contribution in [0.15, 0.2) is 12.1 Å². The number of methoxy groups -OCH3 is 2. The second kappa shape index (κ2) is 6.39. The van der Waals surface area contributed by atoms with Crippen LogP contribution in [0.5, 0.6) is 11.5 Å². The Balaban J connectivity index is 2.55. The highest BCUT2D eigenvalue weighted by molar-refractivity contribution is 8.01. The minimum atomic E-state index is -0.895. The number of carboxylic acid groups (broad SMARTS) is 1. The monoisotopic (exact) mass is 310 g/mol. The summed E-state index contributed by atoms with van der Waals surface area (Å²) < 4.78 is 10.5. The molecule has 1 aliphatic heterocycles. The second-order valence-corrected chi connectivity index (χ2v) is 6.20. The van der Waals surface area contributed by atoms with Gasteiger partial charge in [-0.25, -0.2) is 0 Å². The maximum absolute atomic E-state index is 12.6. The fourth-order valence-corrected chi connectivity index (χ4v) is 3.66. The van der Waals surface area contributed by atoms with Crippen LogP contribution in [0.1, 0.15) is 29.3 Å². The van der Waals surface area contributed by atoms with Crippen molar-refractivity contribution in [2.75, 3.05) is 14.2 Å². The second-order valence-electron chi connectivity index (χ2n) is 4.79. The molecule has 1 aromatic rings. The van der Waals surface area contributed by atoms with Gasteiger partial charge >= 0.3 is 5.97 Å². The van der Waals surface area contributed by atoms with E-state index in [1.165, 1.54) is 26.0 Å². The molecule has 0 spiro atoms. The van der Waals surface area contributed by atoms with Crippen molar-refractivity contribution in [3.63, 3.8) is 0 Å². The number of rotatable bonds is 4. The molecule has 1 aromatic carbocycles. The number of carbonyl (C=O) groups is 2. The van der Waals surface area contributed by atoms with Gasteiger partial charge in [-0.1, -0.05) is 6.92 Å². The van der Waals surface area contributed by atoms with Gasteiger partial charge in [0.2, 0.25) is 0 Å². The molecule has 1 N–H and O–H groups in total. The number of ether oxygens (including phenoxy) is 2. The number of hydrogen-bond acceptors (Lipinski definition) is 5. The fourth-order valence-electron chi connectivity index (χ4n) is 2.43. The van der Waals surface area contributed by atoms with Crippen LogP contribution in [0.2, 0.25) is 0 Å². The minimum absolute atomic E-state index is 0.0396. The first kappa shape index (κ1) is 15.7. The standard InChI is InChI=1S/C15H18O5S/c1-4-12-14(16)9-7-11(20-3)10(19-2)5-8(9)6-13(21-12)15(17)18/h5,7,12-13H,4,6H2,1-3H3,(H,17,18)/t12-,13+/m0/s1. The average molecular weight is 310 g/mol. The molecule has 0 aliphatic carbocycles. The largest absolute Gasteiger partial charge is 0.493 e. The summed E-state index contributed by atoms with van der Waals surface area (Å²) >= 11 is 1.22. The van der Waals surface area contributed by atoms with Crippen molar-refractivity contribution < 1.29 is 24.2 Å². The SMILES string of the molecule is CC[C@@H]1S[C@@H](C(=O)O)Cc2cc(OC)c(OC)cc2C1=O. The predicted octanol–water partition coefficient (Wildman–Crippen LogP) is 2.41. The van der Waals surface area contributed by atoms with Gasteiger partial charge in [0, 0.05) is 5.56 Å². The van der Waals surface area contributed by atoms with E-state index in [1.54, 1.807) is 12.1 Å². The molecule has 2 atom stereocenters. The topological polar surface area (TPSA) is 72.8 Å². The Bertz CT molecular complexity index is 569. The van der Waals surface area contributed by atoms with E-state index in [2.05, 4.69) is 0 Å². The molecule has 0 aromatic heterocycles. The highest BCUT2D eigenvalue weighted by atomic mass is 32.2. The van der Waals surface area contributed by atoms with E-state index < -0.39 is 11.2 Å². The lowest BCUT2D eigenvalue weighted by Gasteiger charge is -2.14. The number of fused-ring (bicyclic) bond motifs is 1. The summed E-state index contributed by atoms with van der Waals surface area (Å²) in [4.78, 5) is 24.0. The molecule has 2 rings (SSSR count). The molecule has 0 amide bonds. The van der Waals surface area contributed by atoms with Gasteiger partial charge in [0.05, 0.1) is 19.5 Å². The van der Waals surface area contributed by atoms with Crippen LogP contribution in [-0.4, -0.2) is 41.6 Å². The molecule has 1 heterocycles. The Labute approximate surface area is 127 Å². The quantitative estimate of drug-likeness (QED) is 0.920. The molecular formula is C15H18O5S. The molecular weight excluding hydrogens is 292 g/mol. The van der Waals surface area contributed by atoms with E-state index in [-0.39, 0.29) is 11.0 Å². The fraction of sp³-hybridized carbons (Fsp3) is 0.467. The Morgan fingerprint density at radius 1 is 1.33 bits per heavy atom. The van der Waals surface area contributed by atoms with E-state index in [1.807, 2.05) is 6.92 Å². The molecule has 0 radical (unpaired) electrons. The molecule has 0 unspecified atom stereocenters. The normalized spacial score (nSPS) is 21.4. The van der Waals surface area contributed by atoms with Crippen molar-refractivity contribution >= 4 is 23.5 Å². The zero-order valence-corrected chi connectivity index (χ0v) is 13.0.